The second kappa shape index (κ2) is 13.0. The van der Waals surface area contributed by atoms with Gasteiger partial charge in [0.05, 0.1) is 55.7 Å². The Labute approximate surface area is 244 Å². The maximum atomic E-state index is 6.01. The lowest BCUT2D eigenvalue weighted by Crippen LogP contribution is -2.38. The molecule has 12 heteroatoms. The summed E-state index contributed by atoms with van der Waals surface area (Å²) in [4.78, 5) is 4.87. The number of thioether (sulfide) groups is 4. The van der Waals surface area contributed by atoms with Crippen molar-refractivity contribution in [3.05, 3.63) is 39.2 Å². The van der Waals surface area contributed by atoms with Gasteiger partial charge in [-0.25, -0.2) is 0 Å². The molecule has 1 aromatic heterocycles. The van der Waals surface area contributed by atoms with Gasteiger partial charge in [0.15, 0.2) is 0 Å². The summed E-state index contributed by atoms with van der Waals surface area (Å²) in [5, 5.41) is 9.55. The summed E-state index contributed by atoms with van der Waals surface area (Å²) in [6, 6.07) is 0. The van der Waals surface area contributed by atoms with Gasteiger partial charge in [-0.2, -0.15) is 0 Å². The third-order valence-corrected chi connectivity index (χ3v) is 13.1. The van der Waals surface area contributed by atoms with Crippen LogP contribution in [0.2, 0.25) is 0 Å². The van der Waals surface area contributed by atoms with Crippen molar-refractivity contribution in [2.45, 2.75) is 33.2 Å². The van der Waals surface area contributed by atoms with E-state index in [2.05, 4.69) is 39.0 Å². The van der Waals surface area contributed by atoms with Gasteiger partial charge in [-0.05, 0) is 5.92 Å². The minimum absolute atomic E-state index is 0.580. The Kier molecular flexibility index (Phi) is 9.95. The number of morpholine rings is 2. The highest BCUT2D eigenvalue weighted by Gasteiger charge is 2.25. The van der Waals surface area contributed by atoms with Gasteiger partial charge >= 0.3 is 0 Å². The second-order valence-electron chi connectivity index (χ2n) is 8.79. The van der Waals surface area contributed by atoms with Crippen LogP contribution in [0.4, 0.5) is 0 Å². The van der Waals surface area contributed by atoms with E-state index >= 15 is 0 Å². The largest absolute Gasteiger partial charge is 0.378 e. The fourth-order valence-corrected chi connectivity index (χ4v) is 11.7. The maximum absolute atomic E-state index is 6.01. The molecule has 0 unspecified atom stereocenters. The molecule has 196 valence electrons. The Morgan fingerprint density at radius 3 is 1.64 bits per heavy atom. The van der Waals surface area contributed by atoms with Gasteiger partial charge in [0.2, 0.25) is 0 Å². The zero-order valence-corrected chi connectivity index (χ0v) is 26.2. The topological polar surface area (TPSA) is 29.9 Å². The van der Waals surface area contributed by atoms with Crippen molar-refractivity contribution < 1.29 is 9.47 Å². The molecule has 0 aromatic carbocycles. The van der Waals surface area contributed by atoms with E-state index in [0.29, 0.717) is 5.92 Å². The average Bonchev–Trinajstić information content (AvgIpc) is 3.59. The molecule has 5 heterocycles. The summed E-state index contributed by atoms with van der Waals surface area (Å²) in [7, 11) is 0. The third-order valence-electron chi connectivity index (χ3n) is 6.67. The Balaban J connectivity index is 1.59. The summed E-state index contributed by atoms with van der Waals surface area (Å²) in [5.41, 5.74) is 0. The molecule has 0 atom stereocenters. The number of hydrogen-bond acceptors (Lipinski definition) is 11. The maximum Gasteiger partial charge on any atom is 0.117 e. The highest BCUT2D eigenvalue weighted by Crippen LogP contribution is 2.47. The predicted octanol–water partition coefficient (Wildman–Crippen LogP) is 5.80. The average molecular weight is 618 g/mol. The minimum Gasteiger partial charge on any atom is -0.378 e. The molecule has 4 aliphatic rings. The molecule has 0 saturated carbocycles. The van der Waals surface area contributed by atoms with Gasteiger partial charge in [0, 0.05) is 43.5 Å². The van der Waals surface area contributed by atoms with Crippen LogP contribution in [0.15, 0.2) is 20.9 Å². The second-order valence-corrected chi connectivity index (χ2v) is 15.5. The van der Waals surface area contributed by atoms with E-state index < -0.39 is 0 Å². The highest BCUT2D eigenvalue weighted by atomic mass is 32.2. The third kappa shape index (κ3) is 6.12. The van der Waals surface area contributed by atoms with Gasteiger partial charge in [-0.1, -0.05) is 98.2 Å². The highest BCUT2D eigenvalue weighted by molar-refractivity contribution is 8.35. The summed E-state index contributed by atoms with van der Waals surface area (Å²) in [5.74, 6) is 0.580. The van der Waals surface area contributed by atoms with E-state index in [0.717, 1.165) is 79.6 Å². The molecule has 0 aliphatic carbocycles. The zero-order valence-electron chi connectivity index (χ0n) is 20.5. The SMILES string of the molecule is CCC(CC)Cn1/c(=C2/SC=C(N3CCOCC3)S2)c(=S)sc(=S)/c1=C1\SC=C(N2CCOCC2)S1. The Hall–Kier alpha value is 0.0800. The van der Waals surface area contributed by atoms with Gasteiger partial charge < -0.3 is 23.8 Å². The van der Waals surface area contributed by atoms with E-state index in [9.17, 15) is 0 Å². The van der Waals surface area contributed by atoms with E-state index in [-0.39, 0.29) is 0 Å². The Morgan fingerprint density at radius 1 is 0.778 bits per heavy atom. The minimum atomic E-state index is 0.580. The van der Waals surface area contributed by atoms with Gasteiger partial charge in [0.25, 0.3) is 0 Å². The molecule has 36 heavy (non-hydrogen) atoms. The Bertz CT molecular complexity index is 1180. The number of nitrogens with zero attached hydrogens (tertiary/aromatic N) is 3. The van der Waals surface area contributed by atoms with E-state index in [4.69, 9.17) is 33.9 Å². The van der Waals surface area contributed by atoms with Gasteiger partial charge in [-0.3, -0.25) is 0 Å². The van der Waals surface area contributed by atoms with E-state index in [1.165, 1.54) is 29.2 Å². The lowest BCUT2D eigenvalue weighted by atomic mass is 10.0. The summed E-state index contributed by atoms with van der Waals surface area (Å²) in [6.07, 6.45) is 2.28. The molecular formula is C24H31N3O2S7. The van der Waals surface area contributed by atoms with Crippen molar-refractivity contribution >= 4 is 91.3 Å². The fourth-order valence-electron chi connectivity index (χ4n) is 4.44. The van der Waals surface area contributed by atoms with Crippen LogP contribution in [0.25, 0.3) is 8.47 Å². The molecule has 0 radical (unpaired) electrons. The smallest absolute Gasteiger partial charge is 0.117 e. The van der Waals surface area contributed by atoms with Crippen LogP contribution in [0.1, 0.15) is 26.7 Å². The number of aromatic nitrogens is 1. The fraction of sp³-hybridized carbons (Fsp3) is 0.583. The number of ether oxygens (including phenoxy) is 2. The van der Waals surface area contributed by atoms with E-state index in [1.807, 2.05) is 47.0 Å². The van der Waals surface area contributed by atoms with Crippen LogP contribution in [0.5, 0.6) is 0 Å². The van der Waals surface area contributed by atoms with E-state index in [1.54, 1.807) is 11.3 Å². The normalized spacial score (nSPS) is 24.0. The van der Waals surface area contributed by atoms with Crippen LogP contribution in [0.3, 0.4) is 0 Å². The molecule has 0 amide bonds. The van der Waals surface area contributed by atoms with Crippen LogP contribution in [-0.2, 0) is 16.0 Å². The van der Waals surface area contributed by atoms with Crippen LogP contribution in [0, 0.1) is 13.6 Å². The first-order valence-electron chi connectivity index (χ1n) is 12.4. The molecule has 0 bridgehead atoms. The monoisotopic (exact) mass is 617 g/mol. The van der Waals surface area contributed by atoms with Crippen LogP contribution < -0.4 is 10.7 Å². The first-order chi connectivity index (χ1) is 17.6. The lowest BCUT2D eigenvalue weighted by Gasteiger charge is -2.29. The first-order valence-corrected chi connectivity index (χ1v) is 17.4. The molecular weight excluding hydrogens is 587 g/mol. The number of hydrogen-bond donors (Lipinski definition) is 0. The molecule has 5 rings (SSSR count). The molecule has 2 fully saturated rings. The van der Waals surface area contributed by atoms with Gasteiger partial charge in [0.1, 0.15) is 7.65 Å². The van der Waals surface area contributed by atoms with Gasteiger partial charge in [-0.15, -0.1) is 11.3 Å². The molecule has 0 N–H and O–H groups in total. The van der Waals surface area contributed by atoms with Crippen molar-refractivity contribution in [3.63, 3.8) is 0 Å². The quantitative estimate of drug-likeness (QED) is 0.365. The van der Waals surface area contributed by atoms with Crippen LogP contribution >= 0.6 is 82.8 Å². The van der Waals surface area contributed by atoms with Crippen molar-refractivity contribution in [2.24, 2.45) is 5.92 Å². The molecule has 4 aliphatic heterocycles. The summed E-state index contributed by atoms with van der Waals surface area (Å²) >= 11 is 21.0. The predicted molar refractivity (Wildman–Crippen MR) is 165 cm³/mol. The molecule has 2 saturated heterocycles. The first kappa shape index (κ1) is 27.6. The van der Waals surface area contributed by atoms with Crippen molar-refractivity contribution in [3.8, 4) is 0 Å². The number of rotatable bonds is 6. The zero-order chi connectivity index (χ0) is 25.1. The lowest BCUT2D eigenvalue weighted by molar-refractivity contribution is 0.0578. The standard InChI is InChI=1S/C24H31N3O2S7/c1-3-16(4-2)13-27-19(23-32-14-17(34-23)25-5-9-28-10-6-25)21(30)36-22(31)20(27)24-33-15-18(35-24)26-7-11-29-12-8-26/h14-16H,3-13H2,1-2H3/b23-19-,24-20-. The Morgan fingerprint density at radius 2 is 1.22 bits per heavy atom. The molecule has 0 spiro atoms. The summed E-state index contributed by atoms with van der Waals surface area (Å²) in [6.45, 7) is 12.5. The summed E-state index contributed by atoms with van der Waals surface area (Å²) < 4.78 is 18.0. The van der Waals surface area contributed by atoms with Crippen molar-refractivity contribution in [1.29, 1.82) is 0 Å². The molecule has 5 nitrogen and oxygen atoms in total. The van der Waals surface area contributed by atoms with Crippen LogP contribution in [-0.4, -0.2) is 67.0 Å². The van der Waals surface area contributed by atoms with Crippen molar-refractivity contribution in [2.75, 3.05) is 52.6 Å². The molecule has 1 aromatic rings. The van der Waals surface area contributed by atoms with Crippen molar-refractivity contribution in [1.82, 2.24) is 14.4 Å².